The summed E-state index contributed by atoms with van der Waals surface area (Å²) in [7, 11) is 0. The number of ether oxygens (including phenoxy) is 2. The van der Waals surface area contributed by atoms with Gasteiger partial charge in [-0.15, -0.1) is 0 Å². The molecule has 0 aromatic carbocycles. The van der Waals surface area contributed by atoms with E-state index in [0.29, 0.717) is 12.1 Å². The predicted molar refractivity (Wildman–Crippen MR) is 76.4 cm³/mol. The Morgan fingerprint density at radius 3 is 2.21 bits per heavy atom. The third-order valence-electron chi connectivity index (χ3n) is 5.18. The molecule has 0 aromatic rings. The Bertz CT molecular complexity index is 310. The van der Waals surface area contributed by atoms with Crippen LogP contribution in [-0.4, -0.2) is 36.5 Å². The van der Waals surface area contributed by atoms with Gasteiger partial charge in [0.15, 0.2) is 0 Å². The molecular weight excluding hydrogens is 238 g/mol. The second-order valence-corrected chi connectivity index (χ2v) is 7.39. The molecule has 3 nitrogen and oxygen atoms in total. The average molecular weight is 267 g/mol. The smallest absolute Gasteiger partial charge is 0.0697 e. The second-order valence-electron chi connectivity index (χ2n) is 7.39. The zero-order chi connectivity index (χ0) is 13.3. The Labute approximate surface area is 117 Å². The summed E-state index contributed by atoms with van der Waals surface area (Å²) in [5.74, 6) is 0. The first-order valence-electron chi connectivity index (χ1n) is 8.11. The molecule has 3 aliphatic rings. The van der Waals surface area contributed by atoms with Gasteiger partial charge in [-0.25, -0.2) is 0 Å². The molecule has 2 heterocycles. The molecule has 110 valence electrons. The molecule has 1 N–H and O–H groups in total. The van der Waals surface area contributed by atoms with Crippen molar-refractivity contribution in [3.63, 3.8) is 0 Å². The van der Waals surface area contributed by atoms with Crippen molar-refractivity contribution in [2.24, 2.45) is 0 Å². The molecule has 1 aliphatic carbocycles. The fourth-order valence-corrected chi connectivity index (χ4v) is 4.25. The van der Waals surface area contributed by atoms with Crippen LogP contribution < -0.4 is 5.32 Å². The lowest BCUT2D eigenvalue weighted by atomic mass is 9.87. The highest BCUT2D eigenvalue weighted by atomic mass is 16.5. The van der Waals surface area contributed by atoms with Crippen molar-refractivity contribution in [1.82, 2.24) is 5.32 Å². The van der Waals surface area contributed by atoms with E-state index in [9.17, 15) is 0 Å². The normalized spacial score (nSPS) is 37.6. The van der Waals surface area contributed by atoms with Crippen LogP contribution in [0.2, 0.25) is 0 Å². The maximum absolute atomic E-state index is 6.12. The first-order chi connectivity index (χ1) is 9.07. The maximum Gasteiger partial charge on any atom is 0.0697 e. The first-order valence-corrected chi connectivity index (χ1v) is 8.11. The number of nitrogens with one attached hydrogen (secondary N) is 1. The Morgan fingerprint density at radius 2 is 1.53 bits per heavy atom. The summed E-state index contributed by atoms with van der Waals surface area (Å²) in [6.07, 6.45) is 9.98. The van der Waals surface area contributed by atoms with Crippen molar-refractivity contribution in [3.05, 3.63) is 0 Å². The van der Waals surface area contributed by atoms with Gasteiger partial charge in [-0.1, -0.05) is 12.8 Å². The van der Waals surface area contributed by atoms with E-state index in [2.05, 4.69) is 19.2 Å². The van der Waals surface area contributed by atoms with Crippen LogP contribution in [0.5, 0.6) is 0 Å². The fourth-order valence-electron chi connectivity index (χ4n) is 4.25. The molecule has 2 saturated heterocycles. The summed E-state index contributed by atoms with van der Waals surface area (Å²) in [6, 6.07) is 1.29. The monoisotopic (exact) mass is 267 g/mol. The SMILES string of the molecule is CC1(C)CC(NC2CCOC3(CCCC3)C2)CCO1. The third-order valence-corrected chi connectivity index (χ3v) is 5.18. The minimum absolute atomic E-state index is 0.0477. The number of rotatable bonds is 2. The first kappa shape index (κ1) is 13.8. The van der Waals surface area contributed by atoms with Crippen LogP contribution in [0.1, 0.15) is 65.2 Å². The highest BCUT2D eigenvalue weighted by Gasteiger charge is 2.40. The Balaban J connectivity index is 1.54. The van der Waals surface area contributed by atoms with Gasteiger partial charge in [-0.05, 0) is 52.4 Å². The van der Waals surface area contributed by atoms with Gasteiger partial charge < -0.3 is 14.8 Å². The number of hydrogen-bond acceptors (Lipinski definition) is 3. The molecule has 2 unspecified atom stereocenters. The van der Waals surface area contributed by atoms with E-state index in [4.69, 9.17) is 9.47 Å². The van der Waals surface area contributed by atoms with Crippen molar-refractivity contribution in [1.29, 1.82) is 0 Å². The van der Waals surface area contributed by atoms with Crippen LogP contribution in [0, 0.1) is 0 Å². The van der Waals surface area contributed by atoms with Gasteiger partial charge in [-0.3, -0.25) is 0 Å². The highest BCUT2D eigenvalue weighted by Crippen LogP contribution is 2.40. The molecule has 1 spiro atoms. The summed E-state index contributed by atoms with van der Waals surface area (Å²) in [5.41, 5.74) is 0.280. The standard InChI is InChI=1S/C16H29NO2/c1-15(2)11-13(5-9-18-15)17-14-6-10-19-16(12-14)7-3-4-8-16/h13-14,17H,3-12H2,1-2H3. The van der Waals surface area contributed by atoms with Gasteiger partial charge >= 0.3 is 0 Å². The zero-order valence-electron chi connectivity index (χ0n) is 12.5. The van der Waals surface area contributed by atoms with Crippen molar-refractivity contribution < 1.29 is 9.47 Å². The van der Waals surface area contributed by atoms with Gasteiger partial charge in [0.25, 0.3) is 0 Å². The van der Waals surface area contributed by atoms with E-state index < -0.39 is 0 Å². The van der Waals surface area contributed by atoms with Crippen LogP contribution >= 0.6 is 0 Å². The molecule has 19 heavy (non-hydrogen) atoms. The quantitative estimate of drug-likeness (QED) is 0.834. The van der Waals surface area contributed by atoms with Gasteiger partial charge in [0.05, 0.1) is 11.2 Å². The van der Waals surface area contributed by atoms with Crippen LogP contribution in [0.25, 0.3) is 0 Å². The van der Waals surface area contributed by atoms with E-state index in [1.165, 1.54) is 38.5 Å². The van der Waals surface area contributed by atoms with Gasteiger partial charge in [0.2, 0.25) is 0 Å². The predicted octanol–water partition coefficient (Wildman–Crippen LogP) is 3.03. The lowest BCUT2D eigenvalue weighted by Crippen LogP contribution is -2.52. The molecule has 3 heteroatoms. The summed E-state index contributed by atoms with van der Waals surface area (Å²) in [5, 5.41) is 3.90. The molecule has 0 amide bonds. The van der Waals surface area contributed by atoms with E-state index in [1.54, 1.807) is 0 Å². The highest BCUT2D eigenvalue weighted by molar-refractivity contribution is 4.95. The Hall–Kier alpha value is -0.120. The lowest BCUT2D eigenvalue weighted by molar-refractivity contribution is -0.0931. The third kappa shape index (κ3) is 3.32. The molecule has 2 aliphatic heterocycles. The Kier molecular flexibility index (Phi) is 3.89. The van der Waals surface area contributed by atoms with Crippen molar-refractivity contribution >= 4 is 0 Å². The van der Waals surface area contributed by atoms with E-state index in [-0.39, 0.29) is 11.2 Å². The molecule has 2 atom stereocenters. The van der Waals surface area contributed by atoms with Gasteiger partial charge in [0.1, 0.15) is 0 Å². The molecule has 0 bridgehead atoms. The largest absolute Gasteiger partial charge is 0.375 e. The molecule has 3 rings (SSSR count). The van der Waals surface area contributed by atoms with E-state index in [0.717, 1.165) is 26.1 Å². The molecule has 0 aromatic heterocycles. The van der Waals surface area contributed by atoms with Gasteiger partial charge in [0, 0.05) is 25.3 Å². The molecule has 1 saturated carbocycles. The maximum atomic E-state index is 6.12. The van der Waals surface area contributed by atoms with E-state index in [1.807, 2.05) is 0 Å². The molecular formula is C16H29NO2. The van der Waals surface area contributed by atoms with Crippen LogP contribution in [0.4, 0.5) is 0 Å². The van der Waals surface area contributed by atoms with Crippen molar-refractivity contribution in [2.75, 3.05) is 13.2 Å². The minimum atomic E-state index is 0.0477. The summed E-state index contributed by atoms with van der Waals surface area (Å²) < 4.78 is 11.9. The van der Waals surface area contributed by atoms with E-state index >= 15 is 0 Å². The van der Waals surface area contributed by atoms with Crippen LogP contribution in [0.15, 0.2) is 0 Å². The topological polar surface area (TPSA) is 30.5 Å². The van der Waals surface area contributed by atoms with Crippen molar-refractivity contribution in [3.8, 4) is 0 Å². The minimum Gasteiger partial charge on any atom is -0.375 e. The average Bonchev–Trinajstić information content (AvgIpc) is 2.76. The number of hydrogen-bond donors (Lipinski definition) is 1. The summed E-state index contributed by atoms with van der Waals surface area (Å²) >= 11 is 0. The zero-order valence-corrected chi connectivity index (χ0v) is 12.5. The summed E-state index contributed by atoms with van der Waals surface area (Å²) in [4.78, 5) is 0. The second kappa shape index (κ2) is 5.34. The van der Waals surface area contributed by atoms with Crippen LogP contribution in [0.3, 0.4) is 0 Å². The fraction of sp³-hybridized carbons (Fsp3) is 1.00. The molecule has 0 radical (unpaired) electrons. The summed E-state index contributed by atoms with van der Waals surface area (Å²) in [6.45, 7) is 6.27. The molecule has 3 fully saturated rings. The van der Waals surface area contributed by atoms with Crippen LogP contribution in [-0.2, 0) is 9.47 Å². The lowest BCUT2D eigenvalue weighted by Gasteiger charge is -2.42. The Morgan fingerprint density at radius 1 is 0.895 bits per heavy atom. The van der Waals surface area contributed by atoms with Crippen molar-refractivity contribution in [2.45, 2.75) is 88.5 Å². The van der Waals surface area contributed by atoms with Gasteiger partial charge in [-0.2, -0.15) is 0 Å².